The van der Waals surface area contributed by atoms with Crippen LogP contribution in [0.4, 0.5) is 32.1 Å². The van der Waals surface area contributed by atoms with Gasteiger partial charge in [-0.25, -0.2) is 14.2 Å². The van der Waals surface area contributed by atoms with Crippen LogP contribution in [0.1, 0.15) is 78.9 Å². The minimum Gasteiger partial charge on any atom is -0.460 e. The number of pyridine rings is 1. The van der Waals surface area contributed by atoms with E-state index in [4.69, 9.17) is 10.5 Å². The monoisotopic (exact) mass is 570 g/mol. The van der Waals surface area contributed by atoms with Crippen LogP contribution in [-0.4, -0.2) is 55.5 Å². The molecule has 3 rings (SSSR count). The zero-order valence-corrected chi connectivity index (χ0v) is 25.9. The maximum Gasteiger partial charge on any atom is 0.327 e. The molecule has 2 heterocycles. The number of nitrogen functional groups attached to an aromatic ring is 1. The second-order valence-electron chi connectivity index (χ2n) is 10.7. The van der Waals surface area contributed by atoms with Crippen molar-refractivity contribution in [2.24, 2.45) is 10.9 Å². The van der Waals surface area contributed by atoms with Gasteiger partial charge in [0.05, 0.1) is 11.6 Å². The SMILES string of the molecule is CC.CCCN(CCC(CC)C(=O)OC(C)(C)C)c1ccnc2c1CCN2C(=O)Nc1cc(F)c(N)c(C=NC)c1. The summed E-state index contributed by atoms with van der Waals surface area (Å²) >= 11 is 0. The Bertz CT molecular complexity index is 1210. The van der Waals surface area contributed by atoms with E-state index in [1.165, 1.54) is 12.3 Å². The number of anilines is 4. The molecule has 2 aromatic rings. The number of nitrogens with zero attached hydrogens (tertiary/aromatic N) is 4. The normalized spacial score (nSPS) is 13.3. The van der Waals surface area contributed by atoms with Crippen LogP contribution < -0.4 is 20.9 Å². The van der Waals surface area contributed by atoms with Gasteiger partial charge in [0.2, 0.25) is 0 Å². The lowest BCUT2D eigenvalue weighted by Gasteiger charge is -2.29. The minimum atomic E-state index is -0.628. The third-order valence-electron chi connectivity index (χ3n) is 6.59. The van der Waals surface area contributed by atoms with Gasteiger partial charge in [-0.05, 0) is 64.7 Å². The molecule has 0 radical (unpaired) electrons. The first kappa shape index (κ1) is 33.5. The van der Waals surface area contributed by atoms with Gasteiger partial charge in [0.1, 0.15) is 17.2 Å². The fourth-order valence-electron chi connectivity index (χ4n) is 4.72. The van der Waals surface area contributed by atoms with Gasteiger partial charge >= 0.3 is 12.0 Å². The summed E-state index contributed by atoms with van der Waals surface area (Å²) in [6, 6.07) is 4.34. The van der Waals surface area contributed by atoms with Crippen molar-refractivity contribution in [3.63, 3.8) is 0 Å². The lowest BCUT2D eigenvalue weighted by Crippen LogP contribution is -2.34. The predicted octanol–water partition coefficient (Wildman–Crippen LogP) is 6.45. The number of aromatic nitrogens is 1. The number of ether oxygens (including phenoxy) is 1. The Labute approximate surface area is 244 Å². The second-order valence-corrected chi connectivity index (χ2v) is 10.7. The molecule has 0 aliphatic carbocycles. The molecule has 10 heteroatoms. The minimum absolute atomic E-state index is 0.0237. The number of urea groups is 1. The predicted molar refractivity (Wildman–Crippen MR) is 167 cm³/mol. The number of rotatable bonds is 10. The first-order valence-corrected chi connectivity index (χ1v) is 14.5. The molecule has 1 aliphatic rings. The number of carbonyl (C=O) groups excluding carboxylic acids is 2. The van der Waals surface area contributed by atoms with Crippen molar-refractivity contribution in [3.05, 3.63) is 41.3 Å². The standard InChI is InChI=1S/C29H41FN6O3.C2H6/c1-7-13-35(14-10-19(8-2)27(37)39-29(3,4)5)24-9-12-33-26-22(24)11-15-36(26)28(38)34-21-16-20(18-32-6)25(31)23(30)17-21;1-2/h9,12,16-19H,7-8,10-11,13-15,31H2,1-6H3,(H,34,38);1-2H3. The molecule has 0 spiro atoms. The number of nitrogens with two attached hydrogens (primary N) is 1. The molecule has 1 unspecified atom stereocenters. The van der Waals surface area contributed by atoms with Crippen LogP contribution in [0, 0.1) is 11.7 Å². The van der Waals surface area contributed by atoms with Gasteiger partial charge in [-0.2, -0.15) is 0 Å². The molecule has 2 amide bonds. The summed E-state index contributed by atoms with van der Waals surface area (Å²) in [5.74, 6) is -0.408. The van der Waals surface area contributed by atoms with Crippen molar-refractivity contribution < 1.29 is 18.7 Å². The third-order valence-corrected chi connectivity index (χ3v) is 6.59. The van der Waals surface area contributed by atoms with Crippen molar-refractivity contribution >= 4 is 41.1 Å². The molecular formula is C31H47FN6O3. The number of fused-ring (bicyclic) bond motifs is 1. The average Bonchev–Trinajstić information content (AvgIpc) is 3.36. The molecule has 0 fully saturated rings. The van der Waals surface area contributed by atoms with Crippen LogP contribution in [0.5, 0.6) is 0 Å². The Morgan fingerprint density at radius 1 is 1.27 bits per heavy atom. The number of carbonyl (C=O) groups is 2. The summed E-state index contributed by atoms with van der Waals surface area (Å²) in [6.45, 7) is 15.7. The molecule has 0 saturated carbocycles. The number of aliphatic imine (C=N–C) groups is 1. The molecule has 3 N–H and O–H groups in total. The van der Waals surface area contributed by atoms with E-state index in [2.05, 4.69) is 27.1 Å². The number of benzene rings is 1. The van der Waals surface area contributed by atoms with Crippen molar-refractivity contribution in [1.29, 1.82) is 0 Å². The van der Waals surface area contributed by atoms with Crippen LogP contribution in [0.3, 0.4) is 0 Å². The number of esters is 1. The average molecular weight is 571 g/mol. The highest BCUT2D eigenvalue weighted by molar-refractivity contribution is 6.03. The van der Waals surface area contributed by atoms with Gasteiger partial charge in [-0.1, -0.05) is 27.7 Å². The Kier molecular flexibility index (Phi) is 12.5. The third kappa shape index (κ3) is 8.90. The summed E-state index contributed by atoms with van der Waals surface area (Å²) in [4.78, 5) is 38.2. The molecule has 1 aromatic carbocycles. The number of halogens is 1. The van der Waals surface area contributed by atoms with E-state index >= 15 is 0 Å². The molecule has 1 atom stereocenters. The first-order valence-electron chi connectivity index (χ1n) is 14.5. The molecule has 9 nitrogen and oxygen atoms in total. The maximum atomic E-state index is 14.3. The van der Waals surface area contributed by atoms with E-state index in [0.717, 1.165) is 24.2 Å². The van der Waals surface area contributed by atoms with Crippen molar-refractivity contribution in [2.75, 3.05) is 47.5 Å². The van der Waals surface area contributed by atoms with E-state index in [1.807, 2.05) is 47.6 Å². The summed E-state index contributed by atoms with van der Waals surface area (Å²) in [5.41, 5.74) is 7.91. The lowest BCUT2D eigenvalue weighted by atomic mass is 10.0. The van der Waals surface area contributed by atoms with Crippen molar-refractivity contribution in [2.45, 2.75) is 79.8 Å². The number of amides is 2. The zero-order chi connectivity index (χ0) is 30.7. The second kappa shape index (κ2) is 15.3. The number of hydrogen-bond acceptors (Lipinski definition) is 7. The van der Waals surface area contributed by atoms with Crippen molar-refractivity contribution in [3.8, 4) is 0 Å². The van der Waals surface area contributed by atoms with Gasteiger partial charge in [-0.3, -0.25) is 14.7 Å². The highest BCUT2D eigenvalue weighted by atomic mass is 19.1. The van der Waals surface area contributed by atoms with Crippen molar-refractivity contribution in [1.82, 2.24) is 4.98 Å². The van der Waals surface area contributed by atoms with E-state index in [9.17, 15) is 14.0 Å². The molecular weight excluding hydrogens is 523 g/mol. The fourth-order valence-corrected chi connectivity index (χ4v) is 4.72. The molecule has 226 valence electrons. The Balaban J connectivity index is 0.00000287. The van der Waals surface area contributed by atoms with Crippen LogP contribution in [-0.2, 0) is 16.0 Å². The van der Waals surface area contributed by atoms with E-state index in [1.54, 1.807) is 24.2 Å². The van der Waals surface area contributed by atoms with Crippen LogP contribution in [0.25, 0.3) is 0 Å². The summed E-state index contributed by atoms with van der Waals surface area (Å²) < 4.78 is 20.0. The summed E-state index contributed by atoms with van der Waals surface area (Å²) in [7, 11) is 1.56. The summed E-state index contributed by atoms with van der Waals surface area (Å²) in [5, 5.41) is 2.77. The highest BCUT2D eigenvalue weighted by Gasteiger charge is 2.30. The topological polar surface area (TPSA) is 113 Å². The van der Waals surface area contributed by atoms with Gasteiger partial charge in [0.25, 0.3) is 0 Å². The lowest BCUT2D eigenvalue weighted by molar-refractivity contribution is -0.160. The van der Waals surface area contributed by atoms with Gasteiger partial charge in [-0.15, -0.1) is 0 Å². The largest absolute Gasteiger partial charge is 0.460 e. The molecule has 41 heavy (non-hydrogen) atoms. The molecule has 1 aromatic heterocycles. The van der Waals surface area contributed by atoms with Gasteiger partial charge in [0, 0.05) is 61.6 Å². The molecule has 0 bridgehead atoms. The van der Waals surface area contributed by atoms with E-state index in [-0.39, 0.29) is 23.3 Å². The zero-order valence-electron chi connectivity index (χ0n) is 25.9. The fraction of sp³-hybridized carbons (Fsp3) is 0.548. The van der Waals surface area contributed by atoms with Crippen LogP contribution in [0.2, 0.25) is 0 Å². The Morgan fingerprint density at radius 2 is 1.98 bits per heavy atom. The Morgan fingerprint density at radius 3 is 2.59 bits per heavy atom. The molecule has 0 saturated heterocycles. The Hall–Kier alpha value is -3.69. The summed E-state index contributed by atoms with van der Waals surface area (Å²) in [6.07, 6.45) is 6.08. The van der Waals surface area contributed by atoms with Crippen LogP contribution >= 0.6 is 0 Å². The number of hydrogen-bond donors (Lipinski definition) is 2. The molecule has 1 aliphatic heterocycles. The van der Waals surface area contributed by atoms with Gasteiger partial charge < -0.3 is 20.7 Å². The highest BCUT2D eigenvalue weighted by Crippen LogP contribution is 2.35. The van der Waals surface area contributed by atoms with Gasteiger partial charge in [0.15, 0.2) is 0 Å². The van der Waals surface area contributed by atoms with Crippen LogP contribution in [0.15, 0.2) is 29.4 Å². The van der Waals surface area contributed by atoms with E-state index < -0.39 is 17.4 Å². The first-order chi connectivity index (χ1) is 19.5. The number of nitrogens with one attached hydrogen (secondary N) is 1. The quantitative estimate of drug-likeness (QED) is 0.193. The smallest absolute Gasteiger partial charge is 0.327 e. The maximum absolute atomic E-state index is 14.3. The van der Waals surface area contributed by atoms with E-state index in [0.29, 0.717) is 43.7 Å².